The van der Waals surface area contributed by atoms with Crippen molar-refractivity contribution in [3.05, 3.63) is 54.4 Å². The number of fused-ring (bicyclic) bond motifs is 1. The molecule has 0 spiro atoms. The van der Waals surface area contributed by atoms with Gasteiger partial charge < -0.3 is 5.11 Å². The summed E-state index contributed by atoms with van der Waals surface area (Å²) in [4.78, 5) is 0.939. The van der Waals surface area contributed by atoms with Gasteiger partial charge in [0.1, 0.15) is 6.10 Å². The van der Waals surface area contributed by atoms with Gasteiger partial charge in [0.05, 0.1) is 3.79 Å². The fraction of sp³-hybridized carbons (Fsp3) is 0.0769. The van der Waals surface area contributed by atoms with Crippen molar-refractivity contribution >= 4 is 64.6 Å². The highest BCUT2D eigenvalue weighted by Gasteiger charge is 2.17. The molecule has 0 bridgehead atoms. The SMILES string of the molecule is OC(c1cc(Br)c(Br)s1)c1cccc2ccsc12. The van der Waals surface area contributed by atoms with Crippen LogP contribution in [0, 0.1) is 0 Å². The summed E-state index contributed by atoms with van der Waals surface area (Å²) in [5.41, 5.74) is 0.976. The lowest BCUT2D eigenvalue weighted by Crippen LogP contribution is -1.96. The first-order valence-corrected chi connectivity index (χ1v) is 8.54. The lowest BCUT2D eigenvalue weighted by molar-refractivity contribution is 0.226. The van der Waals surface area contributed by atoms with Gasteiger partial charge in [0.2, 0.25) is 0 Å². The third kappa shape index (κ3) is 2.18. The fourth-order valence-corrected chi connectivity index (χ4v) is 4.92. The molecular weight excluding hydrogens is 396 g/mol. The summed E-state index contributed by atoms with van der Waals surface area (Å²) >= 11 is 10.1. The standard InChI is InChI=1S/C13H8Br2OS2/c14-9-6-10(18-13(9)15)11(16)8-3-1-2-7-4-5-17-12(7)8/h1-6,11,16H. The molecule has 1 nitrogen and oxygen atoms in total. The fourth-order valence-electron chi connectivity index (χ4n) is 1.88. The van der Waals surface area contributed by atoms with E-state index in [0.717, 1.165) is 23.4 Å². The number of benzene rings is 1. The number of halogens is 2. The second kappa shape index (κ2) is 5.06. The van der Waals surface area contributed by atoms with Gasteiger partial charge in [-0.1, -0.05) is 18.2 Å². The third-order valence-corrected chi connectivity index (χ3v) is 7.03. The van der Waals surface area contributed by atoms with Gasteiger partial charge in [-0.2, -0.15) is 0 Å². The first-order chi connectivity index (χ1) is 8.66. The molecule has 0 aliphatic carbocycles. The molecule has 0 aliphatic heterocycles. The predicted molar refractivity (Wildman–Crippen MR) is 85.6 cm³/mol. The summed E-state index contributed by atoms with van der Waals surface area (Å²) in [5, 5.41) is 13.8. The minimum Gasteiger partial charge on any atom is -0.383 e. The van der Waals surface area contributed by atoms with Crippen LogP contribution in [0.5, 0.6) is 0 Å². The predicted octanol–water partition coefficient (Wildman–Crippen LogP) is 5.57. The number of thiophene rings is 2. The summed E-state index contributed by atoms with van der Waals surface area (Å²) in [6, 6.07) is 10.1. The molecule has 1 N–H and O–H groups in total. The van der Waals surface area contributed by atoms with E-state index in [0.29, 0.717) is 0 Å². The quantitative estimate of drug-likeness (QED) is 0.592. The molecule has 1 unspecified atom stereocenters. The Labute approximate surface area is 129 Å². The van der Waals surface area contributed by atoms with E-state index in [9.17, 15) is 5.11 Å². The Morgan fingerprint density at radius 2 is 2.00 bits per heavy atom. The number of hydrogen-bond acceptors (Lipinski definition) is 3. The monoisotopic (exact) mass is 402 g/mol. The molecule has 2 heterocycles. The molecule has 5 heteroatoms. The van der Waals surface area contributed by atoms with E-state index in [4.69, 9.17) is 0 Å². The van der Waals surface area contributed by atoms with Gasteiger partial charge in [-0.3, -0.25) is 0 Å². The van der Waals surface area contributed by atoms with E-state index in [2.05, 4.69) is 49.4 Å². The van der Waals surface area contributed by atoms with Crippen LogP contribution >= 0.6 is 54.5 Å². The molecule has 0 aliphatic rings. The van der Waals surface area contributed by atoms with Crippen molar-refractivity contribution in [3.8, 4) is 0 Å². The Kier molecular flexibility index (Phi) is 3.60. The minimum absolute atomic E-state index is 0.569. The van der Waals surface area contributed by atoms with Gasteiger partial charge in [-0.15, -0.1) is 22.7 Å². The molecule has 0 fully saturated rings. The van der Waals surface area contributed by atoms with Crippen molar-refractivity contribution < 1.29 is 5.11 Å². The molecule has 0 saturated heterocycles. The molecule has 1 atom stereocenters. The maximum atomic E-state index is 10.5. The van der Waals surface area contributed by atoms with Gasteiger partial charge in [-0.25, -0.2) is 0 Å². The smallest absolute Gasteiger partial charge is 0.115 e. The van der Waals surface area contributed by atoms with Gasteiger partial charge >= 0.3 is 0 Å². The van der Waals surface area contributed by atoms with E-state index >= 15 is 0 Å². The molecule has 0 radical (unpaired) electrons. The lowest BCUT2D eigenvalue weighted by Gasteiger charge is -2.09. The van der Waals surface area contributed by atoms with Crippen LogP contribution in [-0.4, -0.2) is 5.11 Å². The first-order valence-electron chi connectivity index (χ1n) is 5.25. The lowest BCUT2D eigenvalue weighted by atomic mass is 10.1. The van der Waals surface area contributed by atoms with E-state index in [-0.39, 0.29) is 0 Å². The van der Waals surface area contributed by atoms with Crippen LogP contribution in [0.15, 0.2) is 44.0 Å². The van der Waals surface area contributed by atoms with Crippen molar-refractivity contribution in [2.75, 3.05) is 0 Å². The Morgan fingerprint density at radius 3 is 2.72 bits per heavy atom. The van der Waals surface area contributed by atoms with Crippen LogP contribution in [0.2, 0.25) is 0 Å². The summed E-state index contributed by atoms with van der Waals surface area (Å²) in [6.07, 6.45) is -0.569. The molecule has 18 heavy (non-hydrogen) atoms. The zero-order chi connectivity index (χ0) is 12.7. The second-order valence-corrected chi connectivity index (χ2v) is 8.03. The van der Waals surface area contributed by atoms with Crippen molar-refractivity contribution in [2.45, 2.75) is 6.10 Å². The van der Waals surface area contributed by atoms with Crippen LogP contribution in [-0.2, 0) is 0 Å². The van der Waals surface area contributed by atoms with Crippen LogP contribution < -0.4 is 0 Å². The van der Waals surface area contributed by atoms with Gasteiger partial charge in [0, 0.05) is 19.6 Å². The number of aliphatic hydroxyl groups excluding tert-OH is 1. The van der Waals surface area contributed by atoms with Gasteiger partial charge in [-0.05, 0) is 54.8 Å². The van der Waals surface area contributed by atoms with Crippen LogP contribution in [0.3, 0.4) is 0 Å². The topological polar surface area (TPSA) is 20.2 Å². The molecule has 3 rings (SSSR count). The van der Waals surface area contributed by atoms with Crippen LogP contribution in [0.25, 0.3) is 10.1 Å². The van der Waals surface area contributed by atoms with E-state index in [1.165, 1.54) is 5.39 Å². The number of rotatable bonds is 2. The zero-order valence-electron chi connectivity index (χ0n) is 9.06. The highest BCUT2D eigenvalue weighted by Crippen LogP contribution is 2.39. The molecule has 0 saturated carbocycles. The summed E-state index contributed by atoms with van der Waals surface area (Å²) < 4.78 is 3.15. The van der Waals surface area contributed by atoms with Crippen molar-refractivity contribution in [1.82, 2.24) is 0 Å². The Bertz CT molecular complexity index is 682. The second-order valence-electron chi connectivity index (χ2n) is 3.86. The molecule has 2 aromatic heterocycles. The third-order valence-electron chi connectivity index (χ3n) is 2.74. The summed E-state index contributed by atoms with van der Waals surface area (Å²) in [5.74, 6) is 0. The summed E-state index contributed by atoms with van der Waals surface area (Å²) in [6.45, 7) is 0. The normalized spacial score (nSPS) is 13.1. The van der Waals surface area contributed by atoms with E-state index in [1.807, 2.05) is 18.2 Å². The van der Waals surface area contributed by atoms with Crippen LogP contribution in [0.1, 0.15) is 16.5 Å². The Morgan fingerprint density at radius 1 is 1.17 bits per heavy atom. The number of hydrogen-bond donors (Lipinski definition) is 1. The molecule has 0 amide bonds. The van der Waals surface area contributed by atoms with Crippen molar-refractivity contribution in [3.63, 3.8) is 0 Å². The van der Waals surface area contributed by atoms with Crippen LogP contribution in [0.4, 0.5) is 0 Å². The van der Waals surface area contributed by atoms with Crippen molar-refractivity contribution in [2.24, 2.45) is 0 Å². The van der Waals surface area contributed by atoms with E-state index < -0.39 is 6.10 Å². The maximum Gasteiger partial charge on any atom is 0.115 e. The highest BCUT2D eigenvalue weighted by atomic mass is 79.9. The zero-order valence-corrected chi connectivity index (χ0v) is 13.9. The highest BCUT2D eigenvalue weighted by molar-refractivity contribution is 9.13. The van der Waals surface area contributed by atoms with Gasteiger partial charge in [0.25, 0.3) is 0 Å². The van der Waals surface area contributed by atoms with Gasteiger partial charge in [0.15, 0.2) is 0 Å². The first kappa shape index (κ1) is 12.8. The molecular formula is C13H8Br2OS2. The number of aliphatic hydroxyl groups is 1. The van der Waals surface area contributed by atoms with E-state index in [1.54, 1.807) is 22.7 Å². The van der Waals surface area contributed by atoms with Crippen molar-refractivity contribution in [1.29, 1.82) is 0 Å². The Balaban J connectivity index is 2.11. The average Bonchev–Trinajstić information content (AvgIpc) is 2.95. The largest absolute Gasteiger partial charge is 0.383 e. The minimum atomic E-state index is -0.569. The molecule has 92 valence electrons. The molecule has 1 aromatic carbocycles. The molecule has 3 aromatic rings. The summed E-state index contributed by atoms with van der Waals surface area (Å²) in [7, 11) is 0. The maximum absolute atomic E-state index is 10.5. The average molecular weight is 404 g/mol. The Hall–Kier alpha value is -0.200.